The first-order valence-corrected chi connectivity index (χ1v) is 4.15. The van der Waals surface area contributed by atoms with E-state index in [0.717, 1.165) is 6.04 Å². The fraction of sp³-hybridized carbons (Fsp3) is 1.00. The van der Waals surface area contributed by atoms with Crippen LogP contribution in [0.5, 0.6) is 0 Å². The van der Waals surface area contributed by atoms with Crippen LogP contribution in [0.2, 0.25) is 0 Å². The molecule has 2 aliphatic rings. The average molecular weight is 126 g/mol. The standard InChI is InChI=1S/C8H16N/c1-9-6-3-2-4-8(9)5-7-9/h8H,2-7H2,1H3/q+1. The van der Waals surface area contributed by atoms with Crippen LogP contribution in [0.3, 0.4) is 0 Å². The number of fused-ring (bicyclic) bond motifs is 1. The van der Waals surface area contributed by atoms with Crippen LogP contribution in [0.1, 0.15) is 25.7 Å². The summed E-state index contributed by atoms with van der Waals surface area (Å²) in [5.41, 5.74) is 0. The van der Waals surface area contributed by atoms with Crippen molar-refractivity contribution in [1.82, 2.24) is 0 Å². The molecule has 2 fully saturated rings. The van der Waals surface area contributed by atoms with Crippen LogP contribution in [0, 0.1) is 0 Å². The molecule has 0 spiro atoms. The third-order valence-electron chi connectivity index (χ3n) is 3.31. The lowest BCUT2D eigenvalue weighted by molar-refractivity contribution is -0.977. The molecule has 0 aromatic rings. The lowest BCUT2D eigenvalue weighted by atomic mass is 9.89. The maximum atomic E-state index is 2.42. The quantitative estimate of drug-likeness (QED) is 0.430. The second-order valence-corrected chi connectivity index (χ2v) is 3.86. The molecule has 1 nitrogen and oxygen atoms in total. The Bertz CT molecular complexity index is 122. The van der Waals surface area contributed by atoms with Gasteiger partial charge < -0.3 is 4.48 Å². The molecule has 2 unspecified atom stereocenters. The van der Waals surface area contributed by atoms with Crippen molar-refractivity contribution in [3.63, 3.8) is 0 Å². The molecule has 2 rings (SSSR count). The highest BCUT2D eigenvalue weighted by Gasteiger charge is 2.43. The van der Waals surface area contributed by atoms with Gasteiger partial charge in [0.05, 0.1) is 26.2 Å². The predicted octanol–water partition coefficient (Wildman–Crippen LogP) is 1.39. The molecule has 0 radical (unpaired) electrons. The van der Waals surface area contributed by atoms with Gasteiger partial charge in [0.15, 0.2) is 0 Å². The fourth-order valence-corrected chi connectivity index (χ4v) is 2.36. The summed E-state index contributed by atoms with van der Waals surface area (Å²) in [5.74, 6) is 0. The van der Waals surface area contributed by atoms with Crippen LogP contribution in [0.25, 0.3) is 0 Å². The van der Waals surface area contributed by atoms with Gasteiger partial charge in [0, 0.05) is 6.42 Å². The second-order valence-electron chi connectivity index (χ2n) is 3.86. The number of quaternary nitrogens is 1. The second kappa shape index (κ2) is 1.72. The number of rotatable bonds is 0. The van der Waals surface area contributed by atoms with Crippen LogP contribution in [-0.4, -0.2) is 30.7 Å². The van der Waals surface area contributed by atoms with Crippen molar-refractivity contribution in [3.8, 4) is 0 Å². The molecule has 2 saturated heterocycles. The summed E-state index contributed by atoms with van der Waals surface area (Å²) in [4.78, 5) is 0. The number of hydrogen-bond donors (Lipinski definition) is 0. The van der Waals surface area contributed by atoms with E-state index in [-0.39, 0.29) is 0 Å². The van der Waals surface area contributed by atoms with Crippen molar-refractivity contribution >= 4 is 0 Å². The van der Waals surface area contributed by atoms with Crippen molar-refractivity contribution < 1.29 is 4.48 Å². The SMILES string of the molecule is C[N+]12CCCCC1CC2. The maximum Gasteiger partial charge on any atom is 0.0942 e. The van der Waals surface area contributed by atoms with Gasteiger partial charge in [0.1, 0.15) is 0 Å². The molecule has 52 valence electrons. The zero-order valence-electron chi connectivity index (χ0n) is 6.27. The Kier molecular flexibility index (Phi) is 1.10. The highest BCUT2D eigenvalue weighted by Crippen LogP contribution is 2.34. The summed E-state index contributed by atoms with van der Waals surface area (Å²) >= 11 is 0. The van der Waals surface area contributed by atoms with Crippen LogP contribution < -0.4 is 0 Å². The molecule has 0 bridgehead atoms. The Balaban J connectivity index is 2.05. The Labute approximate surface area is 57.3 Å². The minimum Gasteiger partial charge on any atom is -0.323 e. The molecule has 2 atom stereocenters. The fourth-order valence-electron chi connectivity index (χ4n) is 2.36. The predicted molar refractivity (Wildman–Crippen MR) is 38.2 cm³/mol. The van der Waals surface area contributed by atoms with Crippen LogP contribution in [0.15, 0.2) is 0 Å². The van der Waals surface area contributed by atoms with E-state index in [1.807, 2.05) is 0 Å². The van der Waals surface area contributed by atoms with E-state index in [1.165, 1.54) is 43.3 Å². The molecule has 1 heteroatoms. The first-order chi connectivity index (χ1) is 4.31. The van der Waals surface area contributed by atoms with Crippen molar-refractivity contribution in [2.24, 2.45) is 0 Å². The van der Waals surface area contributed by atoms with Crippen molar-refractivity contribution in [3.05, 3.63) is 0 Å². The van der Waals surface area contributed by atoms with Crippen molar-refractivity contribution in [2.75, 3.05) is 20.1 Å². The van der Waals surface area contributed by atoms with E-state index < -0.39 is 0 Å². The summed E-state index contributed by atoms with van der Waals surface area (Å²) < 4.78 is 1.42. The van der Waals surface area contributed by atoms with E-state index in [0.29, 0.717) is 0 Å². The molecule has 0 aromatic carbocycles. The topological polar surface area (TPSA) is 0 Å². The third-order valence-corrected chi connectivity index (χ3v) is 3.31. The molecule has 2 heterocycles. The summed E-state index contributed by atoms with van der Waals surface area (Å²) in [7, 11) is 2.42. The zero-order chi connectivity index (χ0) is 6.32. The minimum absolute atomic E-state index is 1.07. The number of piperidine rings is 1. The van der Waals surface area contributed by atoms with Gasteiger partial charge in [-0.25, -0.2) is 0 Å². The molecule has 9 heavy (non-hydrogen) atoms. The minimum atomic E-state index is 1.07. The maximum absolute atomic E-state index is 2.42. The van der Waals surface area contributed by atoms with E-state index in [2.05, 4.69) is 7.05 Å². The van der Waals surface area contributed by atoms with Gasteiger partial charge in [-0.1, -0.05) is 0 Å². The molecule has 2 aliphatic heterocycles. The van der Waals surface area contributed by atoms with E-state index >= 15 is 0 Å². The summed E-state index contributed by atoms with van der Waals surface area (Å²) in [6.07, 6.45) is 6.00. The highest BCUT2D eigenvalue weighted by atomic mass is 15.4. The zero-order valence-corrected chi connectivity index (χ0v) is 6.27. The first-order valence-electron chi connectivity index (χ1n) is 4.15. The van der Waals surface area contributed by atoms with E-state index in [4.69, 9.17) is 0 Å². The van der Waals surface area contributed by atoms with Gasteiger partial charge in [0.25, 0.3) is 0 Å². The molecule has 0 aliphatic carbocycles. The van der Waals surface area contributed by atoms with Gasteiger partial charge in [-0.2, -0.15) is 0 Å². The lowest BCUT2D eigenvalue weighted by Crippen LogP contribution is -2.64. The van der Waals surface area contributed by atoms with Crippen LogP contribution >= 0.6 is 0 Å². The molecule has 0 aromatic heterocycles. The number of nitrogens with zero attached hydrogens (tertiary/aromatic N) is 1. The molecular formula is C8H16N+. The lowest BCUT2D eigenvalue weighted by Gasteiger charge is -2.52. The van der Waals surface area contributed by atoms with E-state index in [1.54, 1.807) is 0 Å². The monoisotopic (exact) mass is 126 g/mol. The van der Waals surface area contributed by atoms with Gasteiger partial charge >= 0.3 is 0 Å². The van der Waals surface area contributed by atoms with Gasteiger partial charge in [0.2, 0.25) is 0 Å². The highest BCUT2D eigenvalue weighted by molar-refractivity contribution is 4.72. The normalized spacial score (nSPS) is 49.7. The Morgan fingerprint density at radius 3 is 2.33 bits per heavy atom. The van der Waals surface area contributed by atoms with Gasteiger partial charge in [-0.05, 0) is 19.3 Å². The molecule has 0 N–H and O–H groups in total. The Hall–Kier alpha value is -0.0400. The van der Waals surface area contributed by atoms with Crippen molar-refractivity contribution in [1.29, 1.82) is 0 Å². The van der Waals surface area contributed by atoms with Crippen LogP contribution in [-0.2, 0) is 0 Å². The molecule has 0 saturated carbocycles. The Morgan fingerprint density at radius 1 is 1.11 bits per heavy atom. The average Bonchev–Trinajstić information content (AvgIpc) is 1.82. The summed E-state index contributed by atoms with van der Waals surface area (Å²) in [5, 5.41) is 0. The smallest absolute Gasteiger partial charge is 0.0942 e. The van der Waals surface area contributed by atoms with Gasteiger partial charge in [-0.3, -0.25) is 0 Å². The van der Waals surface area contributed by atoms with Crippen molar-refractivity contribution in [2.45, 2.75) is 31.7 Å². The largest absolute Gasteiger partial charge is 0.323 e. The summed E-state index contributed by atoms with van der Waals surface area (Å²) in [6.45, 7) is 2.93. The first kappa shape index (κ1) is 5.72. The van der Waals surface area contributed by atoms with Gasteiger partial charge in [-0.15, -0.1) is 0 Å². The molecule has 0 amide bonds. The van der Waals surface area contributed by atoms with E-state index in [9.17, 15) is 0 Å². The molecular weight excluding hydrogens is 110 g/mol. The third kappa shape index (κ3) is 0.710. The number of hydrogen-bond acceptors (Lipinski definition) is 0. The summed E-state index contributed by atoms with van der Waals surface area (Å²) in [6, 6.07) is 1.07. The Morgan fingerprint density at radius 2 is 2.00 bits per heavy atom. The van der Waals surface area contributed by atoms with Crippen LogP contribution in [0.4, 0.5) is 0 Å².